The van der Waals surface area contributed by atoms with Gasteiger partial charge in [0.1, 0.15) is 18.5 Å². The summed E-state index contributed by atoms with van der Waals surface area (Å²) in [6.07, 6.45) is 31.7. The van der Waals surface area contributed by atoms with Crippen LogP contribution in [0.25, 0.3) is 11.0 Å². The second kappa shape index (κ2) is 46.2. The van der Waals surface area contributed by atoms with E-state index in [9.17, 15) is 48.1 Å². The molecular formula is C68H110N7O14P. The number of esters is 2. The number of phosphoric ester groups is 1. The number of carboxylic acids is 1. The van der Waals surface area contributed by atoms with Crippen LogP contribution >= 0.6 is 7.82 Å². The van der Waals surface area contributed by atoms with Crippen LogP contribution in [0.3, 0.4) is 0 Å². The van der Waals surface area contributed by atoms with Crippen molar-refractivity contribution in [2.75, 3.05) is 51.8 Å². The van der Waals surface area contributed by atoms with Gasteiger partial charge < -0.3 is 50.2 Å². The largest absolute Gasteiger partial charge is 0.481 e. The highest BCUT2D eigenvalue weighted by Gasteiger charge is 2.32. The Kier molecular flexibility index (Phi) is 39.3. The third-order valence-electron chi connectivity index (χ3n) is 16.3. The Morgan fingerprint density at radius 3 is 1.78 bits per heavy atom. The van der Waals surface area contributed by atoms with E-state index in [1.807, 2.05) is 24.3 Å². The van der Waals surface area contributed by atoms with Crippen molar-refractivity contribution in [3.05, 3.63) is 59.4 Å². The number of carboxylic acid groups (broad SMARTS) is 1. The summed E-state index contributed by atoms with van der Waals surface area (Å²) in [6.45, 7) is 4.15. The predicted octanol–water partition coefficient (Wildman–Crippen LogP) is 13.6. The fourth-order valence-corrected chi connectivity index (χ4v) is 11.8. The first-order valence-electron chi connectivity index (χ1n) is 34.2. The third kappa shape index (κ3) is 34.0. The number of para-hydroxylation sites is 2. The van der Waals surface area contributed by atoms with Crippen LogP contribution in [-0.4, -0.2) is 130 Å². The molecule has 0 saturated heterocycles. The quantitative estimate of drug-likeness (QED) is 0.0174. The highest BCUT2D eigenvalue weighted by Crippen LogP contribution is 2.43. The van der Waals surface area contributed by atoms with E-state index in [4.69, 9.17) is 18.5 Å². The molecule has 0 saturated carbocycles. The van der Waals surface area contributed by atoms with Gasteiger partial charge in [-0.15, -0.1) is 0 Å². The number of nitrogens with one attached hydrogen (secondary N) is 4. The molecule has 1 aliphatic heterocycles. The van der Waals surface area contributed by atoms with E-state index in [-0.39, 0.29) is 69.6 Å². The number of ether oxygens (including phenoxy) is 2. The molecule has 2 aromatic carbocycles. The molecule has 0 spiro atoms. The molecule has 4 amide bonds. The summed E-state index contributed by atoms with van der Waals surface area (Å²) in [7, 11) is -3.01. The number of benzene rings is 2. The molecule has 1 aromatic heterocycles. The van der Waals surface area contributed by atoms with Gasteiger partial charge in [0.2, 0.25) is 17.7 Å². The number of hydrogen-bond donors (Lipinski definition) is 6. The number of H-pyrrole nitrogens is 1. The minimum absolute atomic E-state index is 0.0906. The molecule has 0 aliphatic carbocycles. The summed E-state index contributed by atoms with van der Waals surface area (Å²) in [5.41, 5.74) is 3.36. The highest BCUT2D eigenvalue weighted by atomic mass is 31.2. The third-order valence-corrected chi connectivity index (χ3v) is 17.2. The molecular weight excluding hydrogens is 1170 g/mol. The van der Waals surface area contributed by atoms with Crippen LogP contribution in [0.2, 0.25) is 0 Å². The first-order chi connectivity index (χ1) is 43.6. The number of imidazole rings is 1. The molecule has 6 N–H and O–H groups in total. The lowest BCUT2D eigenvalue weighted by Crippen LogP contribution is -2.42. The zero-order chi connectivity index (χ0) is 65.0. The Bertz CT molecular complexity index is 2590. The van der Waals surface area contributed by atoms with Crippen molar-refractivity contribution in [1.82, 2.24) is 30.4 Å². The number of carbonyl (C=O) groups is 7. The Labute approximate surface area is 536 Å². The summed E-state index contributed by atoms with van der Waals surface area (Å²) in [6, 6.07) is 11.7. The normalized spacial score (nSPS) is 14.1. The first kappa shape index (κ1) is 76.6. The number of aliphatic carboxylic acids is 1. The number of carbonyl (C=O) groups excluding carboxylic acids is 6. The van der Waals surface area contributed by atoms with E-state index in [1.54, 1.807) is 35.0 Å². The Morgan fingerprint density at radius 1 is 0.667 bits per heavy atom. The number of unbranched alkanes of at least 4 members (excludes halogenated alkanes) is 27. The summed E-state index contributed by atoms with van der Waals surface area (Å²) in [5, 5.41) is 18.1. The molecule has 3 aromatic rings. The number of aromatic amines is 1. The molecule has 1 unspecified atom stereocenters. The SMILES string of the molecule is CCCCCCCCCCCCCCCC(=O)OC[C@H](COP(=O)(O)OCCNC(=O)CCC(=O)NCCCCCCN1Cc2cc(C(=O)N(C)Cc3nc4ccccc4[nH]3)ccc2N[C@@H](CC(=O)O)C1=O)OC(=O)CCCCCCCCCCCCCCC. The standard InChI is InChI=1S/C68H110N7O14P/c1-4-6-8-10-12-14-16-18-20-22-24-26-30-38-65(80)86-52-56(89-66(81)39-31-27-25-23-21-19-17-15-13-11-9-7-5-2)53-88-90(84,85)87-47-45-70-63(77)43-42-62(76)69-44-34-28-29-35-46-75-50-55-48-54(40-41-57(55)71-60(68(75)83)49-64(78)79)67(82)74(3)51-61-72-58-36-32-33-37-59(58)73-61/h32-33,36-37,40-41,48,56,60,71H,4-31,34-35,38-39,42-47,49-53H2,1-3H3,(H,69,76)(H,70,77)(H,72,73)(H,78,79)(H,84,85)/t56-,60+/m1/s1. The number of amides is 4. The molecule has 22 heteroatoms. The topological polar surface area (TPSA) is 285 Å². The average Bonchev–Trinajstić information content (AvgIpc) is 1.79. The second-order valence-corrected chi connectivity index (χ2v) is 25.7. The van der Waals surface area contributed by atoms with Crippen molar-refractivity contribution in [2.24, 2.45) is 0 Å². The lowest BCUT2D eigenvalue weighted by molar-refractivity contribution is -0.161. The second-order valence-electron chi connectivity index (χ2n) is 24.3. The van der Waals surface area contributed by atoms with E-state index in [2.05, 4.69) is 39.8 Å². The molecule has 1 aliphatic rings. The van der Waals surface area contributed by atoms with Gasteiger partial charge in [0.05, 0.1) is 37.2 Å². The van der Waals surface area contributed by atoms with Gasteiger partial charge in [-0.25, -0.2) is 9.55 Å². The molecule has 4 rings (SSSR count). The van der Waals surface area contributed by atoms with E-state index in [1.165, 1.54) is 116 Å². The molecule has 3 atom stereocenters. The smallest absolute Gasteiger partial charge is 0.472 e. The number of aromatic nitrogens is 2. The summed E-state index contributed by atoms with van der Waals surface area (Å²) in [4.78, 5) is 111. The molecule has 506 valence electrons. The zero-order valence-corrected chi connectivity index (χ0v) is 55.6. The Morgan fingerprint density at radius 2 is 1.20 bits per heavy atom. The average molecular weight is 1280 g/mol. The number of hydrogen-bond acceptors (Lipinski definition) is 14. The maximum atomic E-state index is 13.7. The number of anilines is 1. The minimum atomic E-state index is -4.70. The van der Waals surface area contributed by atoms with Crippen LogP contribution in [-0.2, 0) is 64.9 Å². The minimum Gasteiger partial charge on any atom is -0.481 e. The van der Waals surface area contributed by atoms with Crippen LogP contribution in [0.15, 0.2) is 42.5 Å². The molecule has 0 radical (unpaired) electrons. The summed E-state index contributed by atoms with van der Waals surface area (Å²) < 4.78 is 34.2. The monoisotopic (exact) mass is 1280 g/mol. The molecule has 0 bridgehead atoms. The number of fused-ring (bicyclic) bond motifs is 2. The van der Waals surface area contributed by atoms with Crippen molar-refractivity contribution in [3.8, 4) is 0 Å². The van der Waals surface area contributed by atoms with Gasteiger partial charge >= 0.3 is 25.7 Å². The maximum Gasteiger partial charge on any atom is 0.472 e. The fourth-order valence-electron chi connectivity index (χ4n) is 11.0. The lowest BCUT2D eigenvalue weighted by Gasteiger charge is -2.24. The van der Waals surface area contributed by atoms with Crippen molar-refractivity contribution in [2.45, 2.75) is 264 Å². The first-order valence-corrected chi connectivity index (χ1v) is 35.7. The summed E-state index contributed by atoms with van der Waals surface area (Å²) in [5.74, 6) is -2.85. The van der Waals surface area contributed by atoms with Gasteiger partial charge in [0, 0.05) is 70.2 Å². The van der Waals surface area contributed by atoms with Crippen LogP contribution in [0, 0.1) is 0 Å². The van der Waals surface area contributed by atoms with Gasteiger partial charge in [-0.1, -0.05) is 193 Å². The maximum absolute atomic E-state index is 13.7. The highest BCUT2D eigenvalue weighted by molar-refractivity contribution is 7.47. The summed E-state index contributed by atoms with van der Waals surface area (Å²) >= 11 is 0. The van der Waals surface area contributed by atoms with Gasteiger partial charge in [0.15, 0.2) is 6.10 Å². The lowest BCUT2D eigenvalue weighted by atomic mass is 10.0. The Hall–Kier alpha value is -5.89. The number of rotatable bonds is 53. The molecule has 90 heavy (non-hydrogen) atoms. The molecule has 21 nitrogen and oxygen atoms in total. The zero-order valence-electron chi connectivity index (χ0n) is 54.7. The number of nitrogens with zero attached hydrogens (tertiary/aromatic N) is 3. The van der Waals surface area contributed by atoms with Gasteiger partial charge in [0.25, 0.3) is 5.91 Å². The van der Waals surface area contributed by atoms with Gasteiger partial charge in [-0.3, -0.25) is 42.6 Å². The van der Waals surface area contributed by atoms with Gasteiger partial charge in [-0.2, -0.15) is 0 Å². The van der Waals surface area contributed by atoms with E-state index in [0.717, 1.165) is 56.0 Å². The Balaban J connectivity index is 1.10. The molecule has 2 heterocycles. The van der Waals surface area contributed by atoms with E-state index >= 15 is 0 Å². The van der Waals surface area contributed by atoms with Crippen LogP contribution < -0.4 is 16.0 Å². The van der Waals surface area contributed by atoms with Crippen LogP contribution in [0.1, 0.15) is 260 Å². The van der Waals surface area contributed by atoms with Crippen molar-refractivity contribution >= 4 is 66.1 Å². The molecule has 0 fully saturated rings. The van der Waals surface area contributed by atoms with Crippen molar-refractivity contribution < 1.29 is 66.6 Å². The van der Waals surface area contributed by atoms with E-state index in [0.29, 0.717) is 67.8 Å². The fraction of sp³-hybridized carbons (Fsp3) is 0.706. The number of phosphoric acid groups is 1. The van der Waals surface area contributed by atoms with Crippen LogP contribution in [0.4, 0.5) is 5.69 Å². The predicted molar refractivity (Wildman–Crippen MR) is 350 cm³/mol. The van der Waals surface area contributed by atoms with Crippen molar-refractivity contribution in [3.63, 3.8) is 0 Å². The van der Waals surface area contributed by atoms with Gasteiger partial charge in [-0.05, 0) is 61.6 Å². The van der Waals surface area contributed by atoms with E-state index < -0.39 is 63.4 Å². The van der Waals surface area contributed by atoms with Crippen molar-refractivity contribution in [1.29, 1.82) is 0 Å². The van der Waals surface area contributed by atoms with Crippen LogP contribution in [0.5, 0.6) is 0 Å².